The van der Waals surface area contributed by atoms with Gasteiger partial charge in [0.05, 0.1) is 18.2 Å². The molecule has 2 rings (SSSR count). The van der Waals surface area contributed by atoms with Crippen LogP contribution < -0.4 is 11.1 Å². The van der Waals surface area contributed by atoms with Gasteiger partial charge in [-0.3, -0.25) is 9.78 Å². The molecule has 0 bridgehead atoms. The number of halogens is 1. The van der Waals surface area contributed by atoms with Crippen molar-refractivity contribution in [3.05, 3.63) is 24.0 Å². The molecule has 2 heterocycles. The molecular formula is C11H16ClN3O2. The highest BCUT2D eigenvalue weighted by molar-refractivity contribution is 5.98. The van der Waals surface area contributed by atoms with E-state index in [4.69, 9.17) is 10.5 Å². The number of aromatic nitrogens is 1. The quantitative estimate of drug-likeness (QED) is 0.829. The number of nitrogens with zero attached hydrogens (tertiary/aromatic N) is 1. The number of rotatable bonds is 2. The van der Waals surface area contributed by atoms with Crippen molar-refractivity contribution in [1.82, 2.24) is 10.3 Å². The third kappa shape index (κ3) is 3.57. The van der Waals surface area contributed by atoms with Gasteiger partial charge in [0.1, 0.15) is 0 Å². The monoisotopic (exact) mass is 257 g/mol. The number of hydrogen-bond donors (Lipinski definition) is 2. The van der Waals surface area contributed by atoms with E-state index in [1.807, 2.05) is 0 Å². The van der Waals surface area contributed by atoms with Crippen molar-refractivity contribution < 1.29 is 9.53 Å². The van der Waals surface area contributed by atoms with Gasteiger partial charge in [-0.05, 0) is 18.9 Å². The summed E-state index contributed by atoms with van der Waals surface area (Å²) < 4.78 is 5.29. The van der Waals surface area contributed by atoms with E-state index in [0.717, 1.165) is 19.4 Å². The van der Waals surface area contributed by atoms with Crippen LogP contribution in [0.2, 0.25) is 0 Å². The van der Waals surface area contributed by atoms with Gasteiger partial charge in [0.15, 0.2) is 0 Å². The molecule has 6 heteroatoms. The number of nitrogens with one attached hydrogen (secondary N) is 1. The summed E-state index contributed by atoms with van der Waals surface area (Å²) in [6, 6.07) is 1.70. The van der Waals surface area contributed by atoms with Gasteiger partial charge in [0.25, 0.3) is 5.91 Å². The Labute approximate surface area is 106 Å². The predicted molar refractivity (Wildman–Crippen MR) is 67.2 cm³/mol. The summed E-state index contributed by atoms with van der Waals surface area (Å²) in [6.07, 6.45) is 4.98. The highest BCUT2D eigenvalue weighted by atomic mass is 35.5. The minimum Gasteiger partial charge on any atom is -0.398 e. The zero-order valence-corrected chi connectivity index (χ0v) is 10.2. The molecular weight excluding hydrogens is 242 g/mol. The Morgan fingerprint density at radius 1 is 1.59 bits per heavy atom. The zero-order chi connectivity index (χ0) is 11.4. The lowest BCUT2D eigenvalue weighted by Crippen LogP contribution is -2.40. The Kier molecular flexibility index (Phi) is 5.18. The fourth-order valence-corrected chi connectivity index (χ4v) is 1.71. The van der Waals surface area contributed by atoms with E-state index in [0.29, 0.717) is 17.9 Å². The first-order chi connectivity index (χ1) is 7.77. The number of anilines is 1. The minimum absolute atomic E-state index is 0. The molecule has 3 N–H and O–H groups in total. The third-order valence-electron chi connectivity index (χ3n) is 2.59. The average molecular weight is 258 g/mol. The largest absolute Gasteiger partial charge is 0.398 e. The maximum absolute atomic E-state index is 11.8. The van der Waals surface area contributed by atoms with Crippen molar-refractivity contribution in [1.29, 1.82) is 0 Å². The Balaban J connectivity index is 0.00000144. The summed E-state index contributed by atoms with van der Waals surface area (Å²) in [5, 5.41) is 2.89. The molecule has 1 fully saturated rings. The van der Waals surface area contributed by atoms with E-state index in [9.17, 15) is 4.79 Å². The maximum Gasteiger partial charge on any atom is 0.255 e. The first-order valence-corrected chi connectivity index (χ1v) is 5.35. The van der Waals surface area contributed by atoms with Gasteiger partial charge in [-0.15, -0.1) is 12.4 Å². The molecule has 1 saturated heterocycles. The van der Waals surface area contributed by atoms with Crippen LogP contribution in [0, 0.1) is 0 Å². The van der Waals surface area contributed by atoms with E-state index in [-0.39, 0.29) is 24.4 Å². The Morgan fingerprint density at radius 3 is 3.06 bits per heavy atom. The van der Waals surface area contributed by atoms with Gasteiger partial charge in [-0.25, -0.2) is 0 Å². The summed E-state index contributed by atoms with van der Waals surface area (Å²) in [6.45, 7) is 1.35. The molecule has 1 aromatic heterocycles. The standard InChI is InChI=1S/C11H15N3O2.ClH/c12-10-3-4-13-6-9(10)11(15)14-8-2-1-5-16-7-8;/h3-4,6,8H,1-2,5,7H2,(H2,12,13)(H,14,15);1H. The lowest BCUT2D eigenvalue weighted by atomic mass is 10.1. The molecule has 0 spiro atoms. The SMILES string of the molecule is Cl.Nc1ccncc1C(=O)NC1CCCOC1. The lowest BCUT2D eigenvalue weighted by molar-refractivity contribution is 0.0624. The molecule has 1 aromatic rings. The van der Waals surface area contributed by atoms with Crippen LogP contribution in [0.5, 0.6) is 0 Å². The summed E-state index contributed by atoms with van der Waals surface area (Å²) >= 11 is 0. The molecule has 1 aliphatic rings. The van der Waals surface area contributed by atoms with Crippen LogP contribution in [0.1, 0.15) is 23.2 Å². The van der Waals surface area contributed by atoms with Crippen LogP contribution in [-0.2, 0) is 4.74 Å². The molecule has 0 saturated carbocycles. The Bertz CT molecular complexity index is 381. The van der Waals surface area contributed by atoms with Crippen LogP contribution in [0.25, 0.3) is 0 Å². The molecule has 1 amide bonds. The minimum atomic E-state index is -0.180. The number of amides is 1. The van der Waals surface area contributed by atoms with Crippen molar-refractivity contribution in [3.8, 4) is 0 Å². The molecule has 1 atom stereocenters. The zero-order valence-electron chi connectivity index (χ0n) is 9.39. The number of hydrogen-bond acceptors (Lipinski definition) is 4. The molecule has 1 aliphatic heterocycles. The molecule has 0 radical (unpaired) electrons. The normalized spacial score (nSPS) is 19.2. The topological polar surface area (TPSA) is 77.2 Å². The summed E-state index contributed by atoms with van der Waals surface area (Å²) in [4.78, 5) is 15.7. The first-order valence-electron chi connectivity index (χ1n) is 5.35. The summed E-state index contributed by atoms with van der Waals surface area (Å²) in [5.41, 5.74) is 6.57. The van der Waals surface area contributed by atoms with E-state index in [1.165, 1.54) is 6.20 Å². The van der Waals surface area contributed by atoms with Crippen molar-refractivity contribution in [2.24, 2.45) is 0 Å². The second kappa shape index (κ2) is 6.42. The number of carbonyl (C=O) groups is 1. The number of nitrogen functional groups attached to an aromatic ring is 1. The van der Waals surface area contributed by atoms with Gasteiger partial charge in [-0.2, -0.15) is 0 Å². The maximum atomic E-state index is 11.8. The van der Waals surface area contributed by atoms with Crippen LogP contribution in [0.3, 0.4) is 0 Å². The Morgan fingerprint density at radius 2 is 2.41 bits per heavy atom. The highest BCUT2D eigenvalue weighted by Gasteiger charge is 2.18. The average Bonchev–Trinajstić information content (AvgIpc) is 2.31. The van der Waals surface area contributed by atoms with E-state index >= 15 is 0 Å². The van der Waals surface area contributed by atoms with Crippen LogP contribution in [0.15, 0.2) is 18.5 Å². The number of nitrogens with two attached hydrogens (primary N) is 1. The lowest BCUT2D eigenvalue weighted by Gasteiger charge is -2.23. The molecule has 1 unspecified atom stereocenters. The second-order valence-electron chi connectivity index (χ2n) is 3.85. The van der Waals surface area contributed by atoms with Gasteiger partial charge in [0, 0.05) is 24.7 Å². The van der Waals surface area contributed by atoms with E-state index < -0.39 is 0 Å². The smallest absolute Gasteiger partial charge is 0.255 e. The van der Waals surface area contributed by atoms with Gasteiger partial charge in [0.2, 0.25) is 0 Å². The van der Waals surface area contributed by atoms with Gasteiger partial charge >= 0.3 is 0 Å². The van der Waals surface area contributed by atoms with Crippen LogP contribution in [0.4, 0.5) is 5.69 Å². The third-order valence-corrected chi connectivity index (χ3v) is 2.59. The van der Waals surface area contributed by atoms with E-state index in [1.54, 1.807) is 12.3 Å². The predicted octanol–water partition coefficient (Wildman–Crippen LogP) is 0.994. The fourth-order valence-electron chi connectivity index (χ4n) is 1.71. The van der Waals surface area contributed by atoms with Crippen LogP contribution >= 0.6 is 12.4 Å². The van der Waals surface area contributed by atoms with Gasteiger partial charge in [-0.1, -0.05) is 0 Å². The van der Waals surface area contributed by atoms with E-state index in [2.05, 4.69) is 10.3 Å². The Hall–Kier alpha value is -1.33. The molecule has 0 aromatic carbocycles. The highest BCUT2D eigenvalue weighted by Crippen LogP contribution is 2.11. The van der Waals surface area contributed by atoms with Crippen molar-refractivity contribution in [3.63, 3.8) is 0 Å². The first kappa shape index (κ1) is 13.7. The summed E-state index contributed by atoms with van der Waals surface area (Å²) in [5.74, 6) is -0.180. The second-order valence-corrected chi connectivity index (χ2v) is 3.85. The molecule has 17 heavy (non-hydrogen) atoms. The van der Waals surface area contributed by atoms with Crippen molar-refractivity contribution in [2.75, 3.05) is 18.9 Å². The van der Waals surface area contributed by atoms with Crippen molar-refractivity contribution >= 4 is 24.0 Å². The number of ether oxygens (including phenoxy) is 1. The fraction of sp³-hybridized carbons (Fsp3) is 0.455. The van der Waals surface area contributed by atoms with Crippen LogP contribution in [-0.4, -0.2) is 30.1 Å². The molecule has 5 nitrogen and oxygen atoms in total. The molecule has 94 valence electrons. The summed E-state index contributed by atoms with van der Waals surface area (Å²) in [7, 11) is 0. The van der Waals surface area contributed by atoms with Gasteiger partial charge < -0.3 is 15.8 Å². The number of carbonyl (C=O) groups excluding carboxylic acids is 1. The van der Waals surface area contributed by atoms with Crippen molar-refractivity contribution in [2.45, 2.75) is 18.9 Å². The molecule has 0 aliphatic carbocycles. The number of pyridine rings is 1.